The number of hydrogen-bond donors (Lipinski definition) is 2. The molecule has 0 atom stereocenters. The Bertz CT molecular complexity index is 986. The minimum absolute atomic E-state index is 0.104. The van der Waals surface area contributed by atoms with Crippen LogP contribution in [-0.2, 0) is 10.5 Å². The van der Waals surface area contributed by atoms with E-state index in [1.54, 1.807) is 59.5 Å². The van der Waals surface area contributed by atoms with Crippen molar-refractivity contribution in [2.75, 3.05) is 18.5 Å². The van der Waals surface area contributed by atoms with Gasteiger partial charge in [-0.1, -0.05) is 23.9 Å². The van der Waals surface area contributed by atoms with Crippen molar-refractivity contribution in [2.45, 2.75) is 23.9 Å². The Hall–Kier alpha value is -2.84. The predicted molar refractivity (Wildman–Crippen MR) is 121 cm³/mol. The van der Waals surface area contributed by atoms with E-state index in [2.05, 4.69) is 15.6 Å². The molecule has 1 heterocycles. The molecule has 1 aromatic heterocycles. The molecular weight excluding hydrogens is 418 g/mol. The van der Waals surface area contributed by atoms with Crippen LogP contribution in [0.2, 0.25) is 0 Å². The summed E-state index contributed by atoms with van der Waals surface area (Å²) < 4.78 is 6.40. The molecule has 2 aromatic carbocycles. The summed E-state index contributed by atoms with van der Waals surface area (Å²) in [6, 6.07) is 14.5. The fraction of sp³-hybridized carbons (Fsp3) is 0.227. The zero-order valence-electron chi connectivity index (χ0n) is 16.8. The number of carbonyl (C=O) groups is 2. The largest absolute Gasteiger partial charge is 0.494 e. The van der Waals surface area contributed by atoms with Crippen LogP contribution in [0.15, 0.2) is 58.3 Å². The molecule has 2 N–H and O–H groups in total. The van der Waals surface area contributed by atoms with Gasteiger partial charge in [-0.05, 0) is 55.8 Å². The molecule has 6 nitrogen and oxygen atoms in total. The molecule has 0 bridgehead atoms. The molecule has 0 aliphatic carbocycles. The minimum Gasteiger partial charge on any atom is -0.494 e. The minimum atomic E-state index is -0.292. The zero-order valence-corrected chi connectivity index (χ0v) is 18.4. The highest BCUT2D eigenvalue weighted by atomic mass is 32.2. The molecule has 156 valence electrons. The summed E-state index contributed by atoms with van der Waals surface area (Å²) >= 11 is 3.31. The molecule has 0 radical (unpaired) electrons. The van der Waals surface area contributed by atoms with Crippen LogP contribution in [0, 0.1) is 6.92 Å². The standard InChI is InChI=1S/C22H23N3O3S2/c1-3-28-19-10-8-18(9-11-19)25-20(26)12-23-21(27)17-6-4-16(5-7-17)14-30-22-24-15(2)13-29-22/h4-11,13H,3,12,14H2,1-2H3,(H,23,27)(H,25,26). The van der Waals surface area contributed by atoms with Gasteiger partial charge in [0.25, 0.3) is 5.91 Å². The molecule has 0 saturated carbocycles. The van der Waals surface area contributed by atoms with Crippen molar-refractivity contribution in [3.05, 3.63) is 70.7 Å². The van der Waals surface area contributed by atoms with Crippen LogP contribution < -0.4 is 15.4 Å². The fourth-order valence-corrected chi connectivity index (χ4v) is 4.37. The maximum Gasteiger partial charge on any atom is 0.251 e. The fourth-order valence-electron chi connectivity index (χ4n) is 2.57. The Balaban J connectivity index is 1.44. The number of ether oxygens (including phenoxy) is 1. The lowest BCUT2D eigenvalue weighted by Crippen LogP contribution is -2.32. The van der Waals surface area contributed by atoms with Gasteiger partial charge >= 0.3 is 0 Å². The lowest BCUT2D eigenvalue weighted by atomic mass is 10.1. The smallest absolute Gasteiger partial charge is 0.251 e. The SMILES string of the molecule is CCOc1ccc(NC(=O)CNC(=O)c2ccc(CSc3nc(C)cs3)cc2)cc1. The monoisotopic (exact) mass is 441 g/mol. The molecule has 0 saturated heterocycles. The first-order valence-corrected chi connectivity index (χ1v) is 11.3. The number of amides is 2. The lowest BCUT2D eigenvalue weighted by molar-refractivity contribution is -0.115. The molecule has 0 aliphatic rings. The molecule has 0 spiro atoms. The van der Waals surface area contributed by atoms with Crippen molar-refractivity contribution in [1.29, 1.82) is 0 Å². The van der Waals surface area contributed by atoms with Crippen LogP contribution in [0.1, 0.15) is 28.5 Å². The van der Waals surface area contributed by atoms with Crippen LogP contribution in [0.3, 0.4) is 0 Å². The summed E-state index contributed by atoms with van der Waals surface area (Å²) in [4.78, 5) is 28.8. The second-order valence-electron chi connectivity index (χ2n) is 6.43. The zero-order chi connectivity index (χ0) is 21.3. The maximum absolute atomic E-state index is 12.3. The molecule has 30 heavy (non-hydrogen) atoms. The van der Waals surface area contributed by atoms with Crippen LogP contribution >= 0.6 is 23.1 Å². The summed E-state index contributed by atoms with van der Waals surface area (Å²) in [5.41, 5.74) is 3.30. The van der Waals surface area contributed by atoms with Gasteiger partial charge in [-0.2, -0.15) is 0 Å². The predicted octanol–water partition coefficient (Wildman–Crippen LogP) is 4.51. The molecule has 2 amide bonds. The summed E-state index contributed by atoms with van der Waals surface area (Å²) in [6.07, 6.45) is 0. The van der Waals surface area contributed by atoms with Gasteiger partial charge in [0.2, 0.25) is 5.91 Å². The molecule has 8 heteroatoms. The number of benzene rings is 2. The van der Waals surface area contributed by atoms with Crippen molar-refractivity contribution in [3.63, 3.8) is 0 Å². The van der Waals surface area contributed by atoms with E-state index in [0.717, 1.165) is 27.1 Å². The topological polar surface area (TPSA) is 80.3 Å². The molecule has 0 unspecified atom stereocenters. The van der Waals surface area contributed by atoms with E-state index in [4.69, 9.17) is 4.74 Å². The van der Waals surface area contributed by atoms with E-state index in [1.807, 2.05) is 31.4 Å². The Labute approximate surface area is 184 Å². The van der Waals surface area contributed by atoms with Gasteiger partial charge in [0.05, 0.1) is 13.2 Å². The van der Waals surface area contributed by atoms with Crippen molar-refractivity contribution in [1.82, 2.24) is 10.3 Å². The number of anilines is 1. The third-order valence-corrected chi connectivity index (χ3v) is 6.24. The van der Waals surface area contributed by atoms with Crippen LogP contribution in [0.5, 0.6) is 5.75 Å². The third-order valence-electron chi connectivity index (χ3n) is 4.03. The Kier molecular flexibility index (Phi) is 7.87. The van der Waals surface area contributed by atoms with Crippen molar-refractivity contribution in [2.24, 2.45) is 0 Å². The number of thioether (sulfide) groups is 1. The number of carbonyl (C=O) groups excluding carboxylic acids is 2. The highest BCUT2D eigenvalue weighted by molar-refractivity contribution is 8.00. The summed E-state index contributed by atoms with van der Waals surface area (Å²) in [5, 5.41) is 7.42. The molecule has 3 rings (SSSR count). The van der Waals surface area contributed by atoms with Crippen molar-refractivity contribution < 1.29 is 14.3 Å². The summed E-state index contributed by atoms with van der Waals surface area (Å²) in [7, 11) is 0. The normalized spacial score (nSPS) is 10.5. The Morgan fingerprint density at radius 3 is 2.47 bits per heavy atom. The number of aryl methyl sites for hydroxylation is 1. The molecular formula is C22H23N3O3S2. The quantitative estimate of drug-likeness (QED) is 0.478. The van der Waals surface area contributed by atoms with E-state index in [-0.39, 0.29) is 18.4 Å². The lowest BCUT2D eigenvalue weighted by Gasteiger charge is -2.08. The molecule has 0 aliphatic heterocycles. The maximum atomic E-state index is 12.3. The van der Waals surface area contributed by atoms with E-state index >= 15 is 0 Å². The molecule has 3 aromatic rings. The number of thiazole rings is 1. The second-order valence-corrected chi connectivity index (χ2v) is 8.51. The summed E-state index contributed by atoms with van der Waals surface area (Å²) in [5.74, 6) is 0.956. The van der Waals surface area contributed by atoms with E-state index < -0.39 is 0 Å². The second kappa shape index (κ2) is 10.8. The number of aromatic nitrogens is 1. The number of nitrogens with one attached hydrogen (secondary N) is 2. The van der Waals surface area contributed by atoms with E-state index in [1.165, 1.54) is 0 Å². The Morgan fingerprint density at radius 1 is 1.10 bits per heavy atom. The average Bonchev–Trinajstić information content (AvgIpc) is 3.17. The number of nitrogens with zero attached hydrogens (tertiary/aromatic N) is 1. The van der Waals surface area contributed by atoms with Gasteiger partial charge in [-0.3, -0.25) is 9.59 Å². The Morgan fingerprint density at radius 2 is 1.83 bits per heavy atom. The van der Waals surface area contributed by atoms with Gasteiger partial charge in [0.1, 0.15) is 10.1 Å². The van der Waals surface area contributed by atoms with Gasteiger partial charge in [-0.25, -0.2) is 4.98 Å². The first-order valence-electron chi connectivity index (χ1n) is 9.48. The number of rotatable bonds is 9. The van der Waals surface area contributed by atoms with Crippen LogP contribution in [-0.4, -0.2) is 29.9 Å². The third kappa shape index (κ3) is 6.60. The highest BCUT2D eigenvalue weighted by Crippen LogP contribution is 2.26. The van der Waals surface area contributed by atoms with Crippen molar-refractivity contribution >= 4 is 40.6 Å². The number of hydrogen-bond acceptors (Lipinski definition) is 6. The first-order chi connectivity index (χ1) is 14.5. The first kappa shape index (κ1) is 21.9. The van der Waals surface area contributed by atoms with E-state index in [0.29, 0.717) is 17.9 Å². The van der Waals surface area contributed by atoms with Gasteiger partial charge < -0.3 is 15.4 Å². The van der Waals surface area contributed by atoms with E-state index in [9.17, 15) is 9.59 Å². The molecule has 0 fully saturated rings. The van der Waals surface area contributed by atoms with Crippen LogP contribution in [0.25, 0.3) is 0 Å². The van der Waals surface area contributed by atoms with Crippen LogP contribution in [0.4, 0.5) is 5.69 Å². The van der Waals surface area contributed by atoms with Gasteiger partial charge in [0.15, 0.2) is 0 Å². The van der Waals surface area contributed by atoms with Crippen molar-refractivity contribution in [3.8, 4) is 5.75 Å². The van der Waals surface area contributed by atoms with Gasteiger partial charge in [0, 0.05) is 28.1 Å². The van der Waals surface area contributed by atoms with Gasteiger partial charge in [-0.15, -0.1) is 11.3 Å². The summed E-state index contributed by atoms with van der Waals surface area (Å²) in [6.45, 7) is 4.37. The average molecular weight is 442 g/mol. The highest BCUT2D eigenvalue weighted by Gasteiger charge is 2.09.